The lowest BCUT2D eigenvalue weighted by Crippen LogP contribution is -2.42. The van der Waals surface area contributed by atoms with E-state index >= 15 is 0 Å². The molecule has 0 unspecified atom stereocenters. The molecule has 140 valence electrons. The molecule has 1 N–H and O–H groups in total. The van der Waals surface area contributed by atoms with Gasteiger partial charge in [-0.15, -0.1) is 0 Å². The van der Waals surface area contributed by atoms with Gasteiger partial charge in [-0.05, 0) is 48.9 Å². The minimum absolute atomic E-state index is 0.510. The number of nitrogens with zero attached hydrogens (tertiary/aromatic N) is 1. The molecule has 5 heteroatoms. The fourth-order valence-corrected chi connectivity index (χ4v) is 2.94. The molecule has 1 aliphatic heterocycles. The zero-order valence-corrected chi connectivity index (χ0v) is 15.4. The Kier molecular flexibility index (Phi) is 7.16. The van der Waals surface area contributed by atoms with Crippen LogP contribution in [0, 0.1) is 0 Å². The Labute approximate surface area is 155 Å². The molecule has 0 atom stereocenters. The monoisotopic (exact) mass is 356 g/mol. The van der Waals surface area contributed by atoms with Crippen LogP contribution in [0.25, 0.3) is 0 Å². The van der Waals surface area contributed by atoms with Crippen LogP contribution in [0.3, 0.4) is 0 Å². The van der Waals surface area contributed by atoms with Crippen LogP contribution in [0.5, 0.6) is 17.2 Å². The quantitative estimate of drug-likeness (QED) is 0.700. The van der Waals surface area contributed by atoms with Crippen molar-refractivity contribution in [3.63, 3.8) is 0 Å². The van der Waals surface area contributed by atoms with Gasteiger partial charge in [0.15, 0.2) is 0 Å². The number of ether oxygens (including phenoxy) is 3. The Hall–Kier alpha value is -2.24. The molecule has 2 aromatic rings. The van der Waals surface area contributed by atoms with Crippen LogP contribution >= 0.6 is 0 Å². The van der Waals surface area contributed by atoms with E-state index in [4.69, 9.17) is 14.2 Å². The van der Waals surface area contributed by atoms with Gasteiger partial charge in [0.05, 0.1) is 6.61 Å². The summed E-state index contributed by atoms with van der Waals surface area (Å²) in [4.78, 5) is 2.47. The zero-order chi connectivity index (χ0) is 18.0. The summed E-state index contributed by atoms with van der Waals surface area (Å²) in [7, 11) is 0. The van der Waals surface area contributed by atoms with E-state index < -0.39 is 0 Å². The molecule has 1 heterocycles. The Morgan fingerprint density at radius 2 is 1.27 bits per heavy atom. The second-order valence-corrected chi connectivity index (χ2v) is 6.27. The topological polar surface area (TPSA) is 43.0 Å². The SMILES string of the molecule is CCOc1ccc(OCCOc2ccc(CN3CCNCC3)cc2)cc1. The molecule has 26 heavy (non-hydrogen) atoms. The van der Waals surface area contributed by atoms with Crippen molar-refractivity contribution in [3.05, 3.63) is 54.1 Å². The zero-order valence-electron chi connectivity index (χ0n) is 15.4. The molecule has 5 nitrogen and oxygen atoms in total. The van der Waals surface area contributed by atoms with E-state index in [9.17, 15) is 0 Å². The highest BCUT2D eigenvalue weighted by atomic mass is 16.5. The third kappa shape index (κ3) is 5.93. The molecule has 0 bridgehead atoms. The van der Waals surface area contributed by atoms with E-state index in [2.05, 4.69) is 22.3 Å². The molecule has 0 aromatic heterocycles. The maximum absolute atomic E-state index is 5.76. The highest BCUT2D eigenvalue weighted by molar-refractivity contribution is 5.31. The number of hydrogen-bond acceptors (Lipinski definition) is 5. The van der Waals surface area contributed by atoms with Crippen molar-refractivity contribution >= 4 is 0 Å². The van der Waals surface area contributed by atoms with Gasteiger partial charge < -0.3 is 19.5 Å². The van der Waals surface area contributed by atoms with Crippen LogP contribution in [0.4, 0.5) is 0 Å². The Morgan fingerprint density at radius 1 is 0.769 bits per heavy atom. The third-order valence-corrected chi connectivity index (χ3v) is 4.29. The maximum Gasteiger partial charge on any atom is 0.122 e. The maximum atomic E-state index is 5.76. The summed E-state index contributed by atoms with van der Waals surface area (Å²) in [6.07, 6.45) is 0. The van der Waals surface area contributed by atoms with Crippen LogP contribution < -0.4 is 19.5 Å². The normalized spacial score (nSPS) is 14.8. The molecule has 0 aliphatic carbocycles. The van der Waals surface area contributed by atoms with Crippen molar-refractivity contribution in [2.45, 2.75) is 13.5 Å². The summed E-state index contributed by atoms with van der Waals surface area (Å²) in [6.45, 7) is 9.05. The highest BCUT2D eigenvalue weighted by Crippen LogP contribution is 2.18. The standard InChI is InChI=1S/C21H28N2O3/c1-2-24-19-7-9-21(10-8-19)26-16-15-25-20-5-3-18(4-6-20)17-23-13-11-22-12-14-23/h3-10,22H,2,11-17H2,1H3. The smallest absolute Gasteiger partial charge is 0.122 e. The van der Waals surface area contributed by atoms with Gasteiger partial charge in [0.25, 0.3) is 0 Å². The minimum atomic E-state index is 0.510. The van der Waals surface area contributed by atoms with E-state index in [1.165, 1.54) is 5.56 Å². The average Bonchev–Trinajstić information content (AvgIpc) is 2.69. The van der Waals surface area contributed by atoms with Crippen molar-refractivity contribution in [1.82, 2.24) is 10.2 Å². The summed E-state index contributed by atoms with van der Waals surface area (Å²) in [5.74, 6) is 2.56. The van der Waals surface area contributed by atoms with E-state index in [0.717, 1.165) is 50.0 Å². The van der Waals surface area contributed by atoms with Gasteiger partial charge in [-0.1, -0.05) is 12.1 Å². The lowest BCUT2D eigenvalue weighted by molar-refractivity contribution is 0.216. The van der Waals surface area contributed by atoms with E-state index in [1.807, 2.05) is 43.3 Å². The first kappa shape index (κ1) is 18.5. The van der Waals surface area contributed by atoms with Crippen LogP contribution in [0.2, 0.25) is 0 Å². The number of nitrogens with one attached hydrogen (secondary N) is 1. The van der Waals surface area contributed by atoms with Crippen molar-refractivity contribution < 1.29 is 14.2 Å². The van der Waals surface area contributed by atoms with Crippen LogP contribution in [0.15, 0.2) is 48.5 Å². The van der Waals surface area contributed by atoms with Crippen LogP contribution in [-0.4, -0.2) is 50.9 Å². The number of piperazine rings is 1. The molecular formula is C21H28N2O3. The van der Waals surface area contributed by atoms with E-state index in [1.54, 1.807) is 0 Å². The fourth-order valence-electron chi connectivity index (χ4n) is 2.94. The summed E-state index contributed by atoms with van der Waals surface area (Å²) < 4.78 is 16.9. The minimum Gasteiger partial charge on any atom is -0.494 e. The molecule has 0 saturated carbocycles. The second kappa shape index (κ2) is 10.0. The number of rotatable bonds is 9. The van der Waals surface area contributed by atoms with Gasteiger partial charge >= 0.3 is 0 Å². The first-order chi connectivity index (χ1) is 12.8. The van der Waals surface area contributed by atoms with Gasteiger partial charge in [0.1, 0.15) is 30.5 Å². The molecule has 1 saturated heterocycles. The molecule has 1 aliphatic rings. The van der Waals surface area contributed by atoms with Crippen molar-refractivity contribution in [1.29, 1.82) is 0 Å². The average molecular weight is 356 g/mol. The van der Waals surface area contributed by atoms with E-state index in [-0.39, 0.29) is 0 Å². The summed E-state index contributed by atoms with van der Waals surface area (Å²) in [5.41, 5.74) is 1.32. The Bertz CT molecular complexity index is 637. The molecule has 3 rings (SSSR count). The predicted molar refractivity (Wildman–Crippen MR) is 103 cm³/mol. The molecule has 0 radical (unpaired) electrons. The van der Waals surface area contributed by atoms with Gasteiger partial charge in [-0.2, -0.15) is 0 Å². The van der Waals surface area contributed by atoms with Gasteiger partial charge in [-0.25, -0.2) is 0 Å². The lowest BCUT2D eigenvalue weighted by Gasteiger charge is -2.27. The molecule has 2 aromatic carbocycles. The summed E-state index contributed by atoms with van der Waals surface area (Å²) in [5, 5.41) is 3.38. The van der Waals surface area contributed by atoms with E-state index in [0.29, 0.717) is 19.8 Å². The van der Waals surface area contributed by atoms with Crippen molar-refractivity contribution in [2.75, 3.05) is 46.0 Å². The molecule has 1 fully saturated rings. The lowest BCUT2D eigenvalue weighted by atomic mass is 10.2. The Morgan fingerprint density at radius 3 is 1.81 bits per heavy atom. The van der Waals surface area contributed by atoms with Gasteiger partial charge in [0, 0.05) is 32.7 Å². The first-order valence-corrected chi connectivity index (χ1v) is 9.34. The second-order valence-electron chi connectivity index (χ2n) is 6.27. The summed E-state index contributed by atoms with van der Waals surface area (Å²) in [6, 6.07) is 16.0. The Balaban J connectivity index is 1.36. The third-order valence-electron chi connectivity index (χ3n) is 4.29. The summed E-state index contributed by atoms with van der Waals surface area (Å²) >= 11 is 0. The van der Waals surface area contributed by atoms with Crippen LogP contribution in [-0.2, 0) is 6.54 Å². The van der Waals surface area contributed by atoms with Crippen molar-refractivity contribution in [3.8, 4) is 17.2 Å². The van der Waals surface area contributed by atoms with Crippen LogP contribution in [0.1, 0.15) is 12.5 Å². The first-order valence-electron chi connectivity index (χ1n) is 9.34. The van der Waals surface area contributed by atoms with Gasteiger partial charge in [0.2, 0.25) is 0 Å². The number of benzene rings is 2. The molecule has 0 spiro atoms. The van der Waals surface area contributed by atoms with Crippen molar-refractivity contribution in [2.24, 2.45) is 0 Å². The van der Waals surface area contributed by atoms with Gasteiger partial charge in [-0.3, -0.25) is 4.90 Å². The molecule has 0 amide bonds. The largest absolute Gasteiger partial charge is 0.494 e. The number of hydrogen-bond donors (Lipinski definition) is 1. The highest BCUT2D eigenvalue weighted by Gasteiger charge is 2.09. The fraction of sp³-hybridized carbons (Fsp3) is 0.429. The predicted octanol–water partition coefficient (Wildman–Crippen LogP) is 2.95. The molecular weight excluding hydrogens is 328 g/mol.